The van der Waals surface area contributed by atoms with Gasteiger partial charge in [0.05, 0.1) is 12.3 Å². The van der Waals surface area contributed by atoms with E-state index in [-0.39, 0.29) is 17.7 Å². The molecule has 1 aromatic heterocycles. The molecule has 0 bridgehead atoms. The van der Waals surface area contributed by atoms with Crippen LogP contribution in [0.15, 0.2) is 5.38 Å². The second-order valence-electron chi connectivity index (χ2n) is 4.61. The number of aliphatic hydroxyl groups excluding tert-OH is 1. The second-order valence-corrected chi connectivity index (χ2v) is 5.46. The summed E-state index contributed by atoms with van der Waals surface area (Å²) in [6.07, 6.45) is 4.49. The number of nitrogens with zero attached hydrogens (tertiary/aromatic N) is 2. The summed E-state index contributed by atoms with van der Waals surface area (Å²) < 4.78 is 0. The molecular weight excluding hydrogens is 252 g/mol. The van der Waals surface area contributed by atoms with E-state index in [2.05, 4.69) is 9.88 Å². The summed E-state index contributed by atoms with van der Waals surface area (Å²) in [7, 11) is 0. The van der Waals surface area contributed by atoms with Crippen molar-refractivity contribution in [2.75, 3.05) is 13.2 Å². The number of thiazole rings is 1. The number of carbonyl (C=O) groups is 1. The van der Waals surface area contributed by atoms with Gasteiger partial charge in [0.1, 0.15) is 0 Å². The standard InChI is InChI=1S/C12H18N2O3S/c15-7-10-4-2-1-3-5-14(10)6-9-8-18-11(13-9)12(16)17/h8,10,15H,1-7H2,(H,16,17). The number of likely N-dealkylation sites (tertiary alicyclic amines) is 1. The van der Waals surface area contributed by atoms with Gasteiger partial charge in [-0.1, -0.05) is 12.8 Å². The second kappa shape index (κ2) is 6.26. The van der Waals surface area contributed by atoms with Crippen molar-refractivity contribution in [1.29, 1.82) is 0 Å². The molecule has 1 atom stereocenters. The average molecular weight is 270 g/mol. The summed E-state index contributed by atoms with van der Waals surface area (Å²) in [5.74, 6) is -0.971. The van der Waals surface area contributed by atoms with E-state index in [1.165, 1.54) is 6.42 Å². The normalized spacial score (nSPS) is 21.7. The van der Waals surface area contributed by atoms with Crippen LogP contribution in [0, 0.1) is 0 Å². The number of carboxylic acid groups (broad SMARTS) is 1. The quantitative estimate of drug-likeness (QED) is 0.869. The fourth-order valence-electron chi connectivity index (χ4n) is 2.34. The Labute approximate surface area is 110 Å². The zero-order valence-corrected chi connectivity index (χ0v) is 11.0. The van der Waals surface area contributed by atoms with Crippen molar-refractivity contribution in [1.82, 2.24) is 9.88 Å². The van der Waals surface area contributed by atoms with Crippen molar-refractivity contribution >= 4 is 17.3 Å². The van der Waals surface area contributed by atoms with Crippen LogP contribution in [-0.2, 0) is 6.54 Å². The summed E-state index contributed by atoms with van der Waals surface area (Å²) in [4.78, 5) is 17.1. The minimum Gasteiger partial charge on any atom is -0.476 e. The number of carboxylic acids is 1. The van der Waals surface area contributed by atoms with Crippen molar-refractivity contribution in [3.8, 4) is 0 Å². The van der Waals surface area contributed by atoms with Crippen LogP contribution in [0.5, 0.6) is 0 Å². The molecule has 1 saturated heterocycles. The molecule has 18 heavy (non-hydrogen) atoms. The Balaban J connectivity index is 2.02. The van der Waals surface area contributed by atoms with Gasteiger partial charge < -0.3 is 10.2 Å². The Morgan fingerprint density at radius 1 is 1.50 bits per heavy atom. The van der Waals surface area contributed by atoms with E-state index in [4.69, 9.17) is 5.11 Å². The lowest BCUT2D eigenvalue weighted by atomic mass is 10.1. The summed E-state index contributed by atoms with van der Waals surface area (Å²) in [6, 6.07) is 0.183. The smallest absolute Gasteiger partial charge is 0.365 e. The van der Waals surface area contributed by atoms with Gasteiger partial charge in [-0.15, -0.1) is 11.3 Å². The molecule has 5 nitrogen and oxygen atoms in total. The van der Waals surface area contributed by atoms with E-state index in [9.17, 15) is 9.90 Å². The largest absolute Gasteiger partial charge is 0.476 e. The van der Waals surface area contributed by atoms with Gasteiger partial charge in [0.2, 0.25) is 5.01 Å². The number of hydrogen-bond donors (Lipinski definition) is 2. The predicted molar refractivity (Wildman–Crippen MR) is 68.8 cm³/mol. The lowest BCUT2D eigenvalue weighted by molar-refractivity contribution is 0.0695. The summed E-state index contributed by atoms with van der Waals surface area (Å²) in [6.45, 7) is 1.75. The first kappa shape index (κ1) is 13.5. The monoisotopic (exact) mass is 270 g/mol. The maximum Gasteiger partial charge on any atom is 0.365 e. The third-order valence-corrected chi connectivity index (χ3v) is 4.19. The minimum absolute atomic E-state index is 0.139. The predicted octanol–water partition coefficient (Wildman–Crippen LogP) is 1.58. The van der Waals surface area contributed by atoms with Gasteiger partial charge in [0, 0.05) is 18.0 Å². The molecule has 2 rings (SSSR count). The molecule has 100 valence electrons. The number of rotatable bonds is 4. The van der Waals surface area contributed by atoms with Crippen LogP contribution in [0.4, 0.5) is 0 Å². The first-order chi connectivity index (χ1) is 8.70. The van der Waals surface area contributed by atoms with Crippen molar-refractivity contribution in [3.05, 3.63) is 16.1 Å². The molecule has 0 aromatic carbocycles. The van der Waals surface area contributed by atoms with Crippen LogP contribution in [0.1, 0.15) is 41.2 Å². The average Bonchev–Trinajstić information content (AvgIpc) is 2.70. The van der Waals surface area contributed by atoms with Crippen LogP contribution in [0.25, 0.3) is 0 Å². The zero-order valence-electron chi connectivity index (χ0n) is 10.2. The van der Waals surface area contributed by atoms with Crippen molar-refractivity contribution in [3.63, 3.8) is 0 Å². The SMILES string of the molecule is O=C(O)c1nc(CN2CCCCCC2CO)cs1. The van der Waals surface area contributed by atoms with Crippen LogP contribution in [0.3, 0.4) is 0 Å². The van der Waals surface area contributed by atoms with Crippen molar-refractivity contribution < 1.29 is 15.0 Å². The van der Waals surface area contributed by atoms with Crippen LogP contribution in [-0.4, -0.2) is 45.3 Å². The van der Waals surface area contributed by atoms with Gasteiger partial charge >= 0.3 is 5.97 Å². The summed E-state index contributed by atoms with van der Waals surface area (Å²) in [5, 5.41) is 20.2. The molecule has 1 aliphatic rings. The number of aliphatic hydroxyl groups is 1. The zero-order chi connectivity index (χ0) is 13.0. The van der Waals surface area contributed by atoms with Gasteiger partial charge in [0.25, 0.3) is 0 Å². The Morgan fingerprint density at radius 3 is 3.00 bits per heavy atom. The van der Waals surface area contributed by atoms with E-state index in [1.807, 2.05) is 0 Å². The van der Waals surface area contributed by atoms with Gasteiger partial charge in [-0.05, 0) is 19.4 Å². The molecule has 1 aliphatic heterocycles. The highest BCUT2D eigenvalue weighted by Gasteiger charge is 2.21. The molecule has 2 N–H and O–H groups in total. The highest BCUT2D eigenvalue weighted by Crippen LogP contribution is 2.20. The molecule has 1 unspecified atom stereocenters. The number of aromatic nitrogens is 1. The third-order valence-electron chi connectivity index (χ3n) is 3.31. The Kier molecular flexibility index (Phi) is 4.68. The fraction of sp³-hybridized carbons (Fsp3) is 0.667. The topological polar surface area (TPSA) is 73.7 Å². The van der Waals surface area contributed by atoms with Crippen LogP contribution in [0.2, 0.25) is 0 Å². The first-order valence-corrected chi connectivity index (χ1v) is 7.11. The molecular formula is C12H18N2O3S. The Hall–Kier alpha value is -0.980. The molecule has 0 amide bonds. The molecule has 1 fully saturated rings. The Bertz CT molecular complexity index is 408. The van der Waals surface area contributed by atoms with Gasteiger partial charge in [0.15, 0.2) is 0 Å². The lowest BCUT2D eigenvalue weighted by Gasteiger charge is -2.27. The van der Waals surface area contributed by atoms with Gasteiger partial charge in [-0.25, -0.2) is 9.78 Å². The minimum atomic E-state index is -0.971. The maximum absolute atomic E-state index is 10.8. The highest BCUT2D eigenvalue weighted by atomic mass is 32.1. The molecule has 2 heterocycles. The molecule has 6 heteroatoms. The van der Waals surface area contributed by atoms with E-state index >= 15 is 0 Å². The van der Waals surface area contributed by atoms with Gasteiger partial charge in [-0.3, -0.25) is 4.90 Å². The van der Waals surface area contributed by atoms with E-state index in [0.29, 0.717) is 6.54 Å². The Morgan fingerprint density at radius 2 is 2.33 bits per heavy atom. The van der Waals surface area contributed by atoms with Crippen LogP contribution < -0.4 is 0 Å². The third kappa shape index (κ3) is 3.28. The summed E-state index contributed by atoms with van der Waals surface area (Å²) in [5.41, 5.74) is 0.790. The first-order valence-electron chi connectivity index (χ1n) is 6.23. The molecule has 0 spiro atoms. The molecule has 0 aliphatic carbocycles. The van der Waals surface area contributed by atoms with Crippen LogP contribution >= 0.6 is 11.3 Å². The number of aromatic carboxylic acids is 1. The van der Waals surface area contributed by atoms with E-state index in [1.54, 1.807) is 5.38 Å². The fourth-order valence-corrected chi connectivity index (χ4v) is 2.98. The summed E-state index contributed by atoms with van der Waals surface area (Å²) >= 11 is 1.16. The lowest BCUT2D eigenvalue weighted by Crippen LogP contribution is -2.37. The van der Waals surface area contributed by atoms with Crippen molar-refractivity contribution in [2.45, 2.75) is 38.3 Å². The van der Waals surface area contributed by atoms with E-state index < -0.39 is 5.97 Å². The van der Waals surface area contributed by atoms with Crippen molar-refractivity contribution in [2.24, 2.45) is 0 Å². The number of hydrogen-bond acceptors (Lipinski definition) is 5. The molecule has 1 aromatic rings. The molecule has 0 radical (unpaired) electrons. The van der Waals surface area contributed by atoms with E-state index in [0.717, 1.165) is 42.8 Å². The highest BCUT2D eigenvalue weighted by molar-refractivity contribution is 7.11. The maximum atomic E-state index is 10.8. The van der Waals surface area contributed by atoms with Gasteiger partial charge in [-0.2, -0.15) is 0 Å². The molecule has 0 saturated carbocycles.